The van der Waals surface area contributed by atoms with Gasteiger partial charge in [0.2, 0.25) is 5.91 Å². The summed E-state index contributed by atoms with van der Waals surface area (Å²) >= 11 is 0. The minimum atomic E-state index is -4.54. The van der Waals surface area contributed by atoms with Gasteiger partial charge in [0.25, 0.3) is 5.56 Å². The monoisotopic (exact) mass is 513 g/mol. The number of fused-ring (bicyclic) bond motifs is 1. The average Bonchev–Trinajstić information content (AvgIpc) is 2.84. The van der Waals surface area contributed by atoms with Crippen molar-refractivity contribution in [2.24, 2.45) is 7.05 Å². The predicted octanol–water partition coefficient (Wildman–Crippen LogP) is 3.27. The molecular weight excluding hydrogens is 487 g/mol. The van der Waals surface area contributed by atoms with E-state index in [1.807, 2.05) is 0 Å². The van der Waals surface area contributed by atoms with Gasteiger partial charge in [-0.2, -0.15) is 13.2 Å². The van der Waals surface area contributed by atoms with Crippen LogP contribution in [0.5, 0.6) is 0 Å². The Morgan fingerprint density at radius 2 is 1.95 bits per heavy atom. The predicted molar refractivity (Wildman–Crippen MR) is 132 cm³/mol. The molecule has 0 aliphatic carbocycles. The Morgan fingerprint density at radius 1 is 1.27 bits per heavy atom. The lowest BCUT2D eigenvalue weighted by molar-refractivity contribution is -0.138. The Labute approximate surface area is 211 Å². The molecule has 2 N–H and O–H groups in total. The molecule has 0 bridgehead atoms. The van der Waals surface area contributed by atoms with Crippen LogP contribution in [0.25, 0.3) is 11.0 Å². The molecule has 11 heteroatoms. The first-order chi connectivity index (χ1) is 17.4. The number of terminal acetylenes is 1. The number of carbonyl (C=O) groups is 1. The SMILES string of the molecule is C#C[C@@H](Nc1ncnc2c1cc(C1(O)CCN(C(C)=O)CC1)c(=O)n2C)c1cccc(C(F)(F)F)c1C. The lowest BCUT2D eigenvalue weighted by Crippen LogP contribution is -2.47. The van der Waals surface area contributed by atoms with Crippen LogP contribution in [0.2, 0.25) is 0 Å². The summed E-state index contributed by atoms with van der Waals surface area (Å²) in [5, 5.41) is 14.8. The van der Waals surface area contributed by atoms with Gasteiger partial charge in [-0.05, 0) is 43.0 Å². The number of piperidine rings is 1. The number of aliphatic hydroxyl groups is 1. The molecule has 3 heterocycles. The number of alkyl halides is 3. The topological polar surface area (TPSA) is 100 Å². The number of nitrogens with zero attached hydrogens (tertiary/aromatic N) is 4. The molecule has 0 saturated carbocycles. The fourth-order valence-electron chi connectivity index (χ4n) is 4.80. The highest BCUT2D eigenvalue weighted by Gasteiger charge is 2.38. The Balaban J connectivity index is 1.78. The van der Waals surface area contributed by atoms with Gasteiger partial charge in [-0.15, -0.1) is 6.42 Å². The standard InChI is InChI=1S/C26H26F3N5O3/c1-5-21(17-7-6-8-19(15(17)2)26(27,28)29)32-22-18-13-20(24(36)33(4)23(18)31-14-30-22)25(37)9-11-34(12-10-25)16(3)35/h1,6-8,13-14,21,37H,9-12H2,2-4H3,(H,30,31,32)/t21-/m1/s1. The number of benzene rings is 1. The van der Waals surface area contributed by atoms with Gasteiger partial charge in [0.05, 0.1) is 16.6 Å². The van der Waals surface area contributed by atoms with Gasteiger partial charge in [0.15, 0.2) is 0 Å². The highest BCUT2D eigenvalue weighted by atomic mass is 19.4. The molecule has 8 nitrogen and oxygen atoms in total. The van der Waals surface area contributed by atoms with Crippen LogP contribution in [0.3, 0.4) is 0 Å². The van der Waals surface area contributed by atoms with Crippen LogP contribution in [-0.4, -0.2) is 43.5 Å². The maximum absolute atomic E-state index is 13.5. The van der Waals surface area contributed by atoms with Gasteiger partial charge >= 0.3 is 6.18 Å². The normalized spacial score (nSPS) is 16.3. The van der Waals surface area contributed by atoms with E-state index in [0.717, 1.165) is 6.07 Å². The highest BCUT2D eigenvalue weighted by molar-refractivity contribution is 5.87. The first kappa shape index (κ1) is 26.2. The number of hydrogen-bond acceptors (Lipinski definition) is 6. The molecule has 1 atom stereocenters. The minimum Gasteiger partial charge on any atom is -0.385 e. The number of carbonyl (C=O) groups excluding carboxylic acids is 1. The molecule has 1 aliphatic heterocycles. The maximum Gasteiger partial charge on any atom is 0.416 e. The zero-order valence-corrected chi connectivity index (χ0v) is 20.6. The lowest BCUT2D eigenvalue weighted by atomic mass is 9.84. The summed E-state index contributed by atoms with van der Waals surface area (Å²) in [6.45, 7) is 3.38. The number of aromatic nitrogens is 3. The van der Waals surface area contributed by atoms with E-state index in [4.69, 9.17) is 6.42 Å². The van der Waals surface area contributed by atoms with E-state index < -0.39 is 28.9 Å². The largest absolute Gasteiger partial charge is 0.416 e. The molecule has 37 heavy (non-hydrogen) atoms. The molecule has 1 aromatic carbocycles. The van der Waals surface area contributed by atoms with Crippen molar-refractivity contribution in [1.29, 1.82) is 0 Å². The van der Waals surface area contributed by atoms with Crippen molar-refractivity contribution >= 4 is 22.8 Å². The van der Waals surface area contributed by atoms with Crippen molar-refractivity contribution in [2.45, 2.75) is 44.5 Å². The molecule has 1 amide bonds. The Bertz CT molecular complexity index is 1470. The number of rotatable bonds is 4. The Morgan fingerprint density at radius 3 is 2.54 bits per heavy atom. The van der Waals surface area contributed by atoms with E-state index in [9.17, 15) is 27.9 Å². The third-order valence-corrected chi connectivity index (χ3v) is 6.98. The highest BCUT2D eigenvalue weighted by Crippen LogP contribution is 2.36. The van der Waals surface area contributed by atoms with Crippen molar-refractivity contribution in [1.82, 2.24) is 19.4 Å². The molecule has 0 radical (unpaired) electrons. The summed E-state index contributed by atoms with van der Waals surface area (Å²) in [7, 11) is 1.51. The Hall–Kier alpha value is -3.91. The summed E-state index contributed by atoms with van der Waals surface area (Å²) in [5.74, 6) is 2.57. The second kappa shape index (κ2) is 9.52. The van der Waals surface area contributed by atoms with E-state index >= 15 is 0 Å². The molecule has 0 unspecified atom stereocenters. The molecule has 194 valence electrons. The number of hydrogen-bond donors (Lipinski definition) is 2. The van der Waals surface area contributed by atoms with Crippen LogP contribution in [0.15, 0.2) is 35.4 Å². The molecule has 3 aromatic rings. The van der Waals surface area contributed by atoms with Crippen LogP contribution in [0.1, 0.15) is 48.1 Å². The quantitative estimate of drug-likeness (QED) is 0.520. The van der Waals surface area contributed by atoms with E-state index in [-0.39, 0.29) is 60.0 Å². The van der Waals surface area contributed by atoms with Gasteiger partial charge in [0, 0.05) is 32.6 Å². The molecule has 1 fully saturated rings. The maximum atomic E-state index is 13.5. The van der Waals surface area contributed by atoms with Crippen LogP contribution in [0, 0.1) is 19.3 Å². The zero-order valence-electron chi connectivity index (χ0n) is 20.6. The van der Waals surface area contributed by atoms with Crippen molar-refractivity contribution in [3.63, 3.8) is 0 Å². The molecule has 4 rings (SSSR count). The second-order valence-corrected chi connectivity index (χ2v) is 9.18. The third kappa shape index (κ3) is 4.76. The van der Waals surface area contributed by atoms with Gasteiger partial charge < -0.3 is 15.3 Å². The fraction of sp³-hybridized carbons (Fsp3) is 0.385. The second-order valence-electron chi connectivity index (χ2n) is 9.18. The average molecular weight is 514 g/mol. The van der Waals surface area contributed by atoms with Gasteiger partial charge in [-0.1, -0.05) is 18.1 Å². The van der Waals surface area contributed by atoms with Crippen LogP contribution in [-0.2, 0) is 23.6 Å². The first-order valence-corrected chi connectivity index (χ1v) is 11.6. The summed E-state index contributed by atoms with van der Waals surface area (Å²) in [6.07, 6.45) is 2.73. The first-order valence-electron chi connectivity index (χ1n) is 11.6. The third-order valence-electron chi connectivity index (χ3n) is 6.98. The van der Waals surface area contributed by atoms with Crippen molar-refractivity contribution < 1.29 is 23.1 Å². The number of amides is 1. The van der Waals surface area contributed by atoms with Crippen molar-refractivity contribution in [2.75, 3.05) is 18.4 Å². The van der Waals surface area contributed by atoms with Gasteiger partial charge in [0.1, 0.15) is 23.8 Å². The number of pyridine rings is 1. The smallest absolute Gasteiger partial charge is 0.385 e. The fourth-order valence-corrected chi connectivity index (χ4v) is 4.80. The van der Waals surface area contributed by atoms with Gasteiger partial charge in [-0.25, -0.2) is 9.97 Å². The summed E-state index contributed by atoms with van der Waals surface area (Å²) in [4.78, 5) is 34.9. The molecular formula is C26H26F3N5O3. The molecule has 1 saturated heterocycles. The van der Waals surface area contributed by atoms with E-state index in [1.54, 1.807) is 4.90 Å². The number of anilines is 1. The number of halogens is 3. The van der Waals surface area contributed by atoms with E-state index in [0.29, 0.717) is 5.39 Å². The molecule has 2 aromatic heterocycles. The summed E-state index contributed by atoms with van der Waals surface area (Å²) in [5.41, 5.74) is -2.09. The number of aryl methyl sites for hydroxylation is 1. The Kier molecular flexibility index (Phi) is 6.73. The molecule has 1 aliphatic rings. The van der Waals surface area contributed by atoms with Crippen molar-refractivity contribution in [3.8, 4) is 12.3 Å². The summed E-state index contributed by atoms with van der Waals surface area (Å²) < 4.78 is 41.7. The number of likely N-dealkylation sites (tertiary alicyclic amines) is 1. The van der Waals surface area contributed by atoms with Crippen LogP contribution >= 0.6 is 0 Å². The van der Waals surface area contributed by atoms with Crippen LogP contribution in [0.4, 0.5) is 19.0 Å². The minimum absolute atomic E-state index is 0.0107. The molecule has 0 spiro atoms. The number of nitrogens with one attached hydrogen (secondary N) is 1. The van der Waals surface area contributed by atoms with Crippen molar-refractivity contribution in [3.05, 3.63) is 63.2 Å². The lowest BCUT2D eigenvalue weighted by Gasteiger charge is -2.37. The van der Waals surface area contributed by atoms with Crippen LogP contribution < -0.4 is 10.9 Å². The summed E-state index contributed by atoms with van der Waals surface area (Å²) in [6, 6.07) is 4.32. The zero-order chi connectivity index (χ0) is 27.1. The van der Waals surface area contributed by atoms with E-state index in [1.165, 1.54) is 50.0 Å². The van der Waals surface area contributed by atoms with E-state index in [2.05, 4.69) is 21.2 Å². The van der Waals surface area contributed by atoms with Gasteiger partial charge in [-0.3, -0.25) is 14.2 Å².